The number of hydrogen-bond donors (Lipinski definition) is 2. The van der Waals surface area contributed by atoms with E-state index in [-0.39, 0.29) is 11.7 Å². The van der Waals surface area contributed by atoms with Gasteiger partial charge in [0, 0.05) is 35.1 Å². The number of halogens is 1. The van der Waals surface area contributed by atoms with Crippen molar-refractivity contribution in [1.29, 1.82) is 0 Å². The number of piperidine rings is 1. The Morgan fingerprint density at radius 2 is 1.61 bits per heavy atom. The lowest BCUT2D eigenvalue weighted by atomic mass is 9.92. The molecule has 33 heavy (non-hydrogen) atoms. The lowest BCUT2D eigenvalue weighted by molar-refractivity contribution is -0.134. The Labute approximate surface area is 189 Å². The molecule has 1 fully saturated rings. The molecule has 1 aliphatic rings. The second kappa shape index (κ2) is 10.6. The van der Waals surface area contributed by atoms with Gasteiger partial charge in [-0.2, -0.15) is 9.78 Å². The predicted octanol–water partition coefficient (Wildman–Crippen LogP) is 3.38. The minimum absolute atomic E-state index is 0.227. The zero-order valence-electron chi connectivity index (χ0n) is 18.0. The molecule has 0 atom stereocenters. The van der Waals surface area contributed by atoms with Gasteiger partial charge in [-0.1, -0.05) is 18.2 Å². The van der Waals surface area contributed by atoms with Gasteiger partial charge in [-0.05, 0) is 57.2 Å². The van der Waals surface area contributed by atoms with Crippen LogP contribution in [0.5, 0.6) is 0 Å². The van der Waals surface area contributed by atoms with Gasteiger partial charge in [0.15, 0.2) is 0 Å². The fraction of sp³-hybridized carbons (Fsp3) is 0.250. The topological polar surface area (TPSA) is 113 Å². The molecule has 0 spiro atoms. The fourth-order valence-corrected chi connectivity index (χ4v) is 3.70. The van der Waals surface area contributed by atoms with Gasteiger partial charge in [0.2, 0.25) is 0 Å². The van der Waals surface area contributed by atoms with Crippen LogP contribution >= 0.6 is 0 Å². The molecule has 2 aromatic carbocycles. The number of carbonyl (C=O) groups is 3. The van der Waals surface area contributed by atoms with Gasteiger partial charge in [0.1, 0.15) is 5.82 Å². The van der Waals surface area contributed by atoms with E-state index in [1.54, 1.807) is 18.2 Å². The Balaban J connectivity index is 0.000000331. The van der Waals surface area contributed by atoms with Crippen LogP contribution in [0.25, 0.3) is 10.9 Å². The van der Waals surface area contributed by atoms with E-state index in [1.807, 2.05) is 18.2 Å². The van der Waals surface area contributed by atoms with Crippen molar-refractivity contribution < 1.29 is 29.0 Å². The summed E-state index contributed by atoms with van der Waals surface area (Å²) in [5.74, 6) is -2.80. The molecule has 0 aliphatic carbocycles. The quantitative estimate of drug-likeness (QED) is 0.582. The van der Waals surface area contributed by atoms with Gasteiger partial charge in [0.05, 0.1) is 11.2 Å². The number of aromatic nitrogens is 2. The average Bonchev–Trinajstić information content (AvgIpc) is 3.17. The van der Waals surface area contributed by atoms with Gasteiger partial charge >= 0.3 is 11.9 Å². The number of carboxylic acids is 2. The van der Waals surface area contributed by atoms with Crippen molar-refractivity contribution >= 4 is 28.7 Å². The lowest BCUT2D eigenvalue weighted by Gasteiger charge is -2.28. The third-order valence-corrected chi connectivity index (χ3v) is 5.36. The second-order valence-corrected chi connectivity index (χ2v) is 7.72. The van der Waals surface area contributed by atoms with Crippen molar-refractivity contribution in [1.82, 2.24) is 14.7 Å². The summed E-state index contributed by atoms with van der Waals surface area (Å²) >= 11 is 0. The van der Waals surface area contributed by atoms with E-state index in [4.69, 9.17) is 10.2 Å². The Bertz CT molecular complexity index is 1170. The van der Waals surface area contributed by atoms with Gasteiger partial charge < -0.3 is 15.1 Å². The summed E-state index contributed by atoms with van der Waals surface area (Å²) in [6.45, 7) is 2.01. The largest absolute Gasteiger partial charge is 0.478 e. The van der Waals surface area contributed by atoms with Crippen molar-refractivity contribution in [2.45, 2.75) is 18.8 Å². The van der Waals surface area contributed by atoms with Crippen LogP contribution in [0.3, 0.4) is 0 Å². The van der Waals surface area contributed by atoms with Crippen LogP contribution in [-0.2, 0) is 9.59 Å². The Morgan fingerprint density at radius 3 is 2.18 bits per heavy atom. The molecule has 0 saturated carbocycles. The van der Waals surface area contributed by atoms with Crippen LogP contribution in [-0.4, -0.2) is 62.9 Å². The number of benzene rings is 2. The molecule has 0 radical (unpaired) electrons. The molecule has 0 amide bonds. The standard InChI is InChI=1S/C20H20FN3O.C4H4O4/c1-23-11-9-14(10-12-23)19-17-8-7-16(21)13-18(17)24(22-19)20(25)15-5-3-2-4-6-15;5-3(6)1-2-4(7)8/h2-8,13-14H,9-12H2,1H3;1-2H,(H,5,6)(H,7,8). The molecule has 0 unspecified atom stereocenters. The molecule has 1 saturated heterocycles. The highest BCUT2D eigenvalue weighted by molar-refractivity contribution is 6.01. The van der Waals surface area contributed by atoms with Crippen LogP contribution < -0.4 is 0 Å². The highest BCUT2D eigenvalue weighted by atomic mass is 19.1. The number of nitrogens with zero attached hydrogens (tertiary/aromatic N) is 3. The first-order valence-electron chi connectivity index (χ1n) is 10.4. The maximum Gasteiger partial charge on any atom is 0.328 e. The van der Waals surface area contributed by atoms with E-state index in [0.717, 1.165) is 37.0 Å². The molecular weight excluding hydrogens is 429 g/mol. The second-order valence-electron chi connectivity index (χ2n) is 7.72. The summed E-state index contributed by atoms with van der Waals surface area (Å²) in [5.41, 5.74) is 2.00. The molecule has 172 valence electrons. The van der Waals surface area contributed by atoms with Crippen molar-refractivity contribution in [3.63, 3.8) is 0 Å². The first kappa shape index (κ1) is 23.8. The van der Waals surface area contributed by atoms with Gasteiger partial charge in [0.25, 0.3) is 5.91 Å². The molecule has 1 aliphatic heterocycles. The van der Waals surface area contributed by atoms with Gasteiger partial charge in [-0.3, -0.25) is 4.79 Å². The predicted molar refractivity (Wildman–Crippen MR) is 120 cm³/mol. The molecular formula is C24H24FN3O5. The van der Waals surface area contributed by atoms with Crippen LogP contribution in [0, 0.1) is 5.82 Å². The molecule has 8 nitrogen and oxygen atoms in total. The van der Waals surface area contributed by atoms with E-state index >= 15 is 0 Å². The molecule has 1 aromatic heterocycles. The number of rotatable bonds is 4. The van der Waals surface area contributed by atoms with Crippen molar-refractivity contribution in [3.05, 3.63) is 77.8 Å². The van der Waals surface area contributed by atoms with E-state index < -0.39 is 11.9 Å². The molecule has 3 aromatic rings. The molecule has 2 N–H and O–H groups in total. The number of carbonyl (C=O) groups excluding carboxylic acids is 1. The number of aliphatic carboxylic acids is 2. The highest BCUT2D eigenvalue weighted by Crippen LogP contribution is 2.32. The van der Waals surface area contributed by atoms with Gasteiger partial charge in [-0.25, -0.2) is 14.0 Å². The van der Waals surface area contributed by atoms with E-state index in [1.165, 1.54) is 16.8 Å². The van der Waals surface area contributed by atoms with Gasteiger partial charge in [-0.15, -0.1) is 0 Å². The van der Waals surface area contributed by atoms with Crippen LogP contribution in [0.15, 0.2) is 60.7 Å². The third-order valence-electron chi connectivity index (χ3n) is 5.36. The Morgan fingerprint density at radius 1 is 1.00 bits per heavy atom. The summed E-state index contributed by atoms with van der Waals surface area (Å²) in [5, 5.41) is 21.1. The van der Waals surface area contributed by atoms with Crippen molar-refractivity contribution in [2.24, 2.45) is 0 Å². The van der Waals surface area contributed by atoms with Crippen LogP contribution in [0.4, 0.5) is 4.39 Å². The monoisotopic (exact) mass is 453 g/mol. The molecule has 0 bridgehead atoms. The minimum Gasteiger partial charge on any atom is -0.478 e. The first-order valence-corrected chi connectivity index (χ1v) is 10.4. The number of hydrogen-bond acceptors (Lipinski definition) is 5. The van der Waals surface area contributed by atoms with E-state index in [2.05, 4.69) is 17.0 Å². The Hall–Kier alpha value is -3.85. The average molecular weight is 453 g/mol. The maximum absolute atomic E-state index is 13.8. The normalized spacial score (nSPS) is 14.7. The highest BCUT2D eigenvalue weighted by Gasteiger charge is 2.25. The Kier molecular flexibility index (Phi) is 7.68. The molecule has 2 heterocycles. The first-order chi connectivity index (χ1) is 15.8. The fourth-order valence-electron chi connectivity index (χ4n) is 3.70. The number of likely N-dealkylation sites (tertiary alicyclic amines) is 1. The third kappa shape index (κ3) is 6.11. The summed E-state index contributed by atoms with van der Waals surface area (Å²) in [4.78, 5) is 34.3. The number of carboxylic acid groups (broad SMARTS) is 2. The smallest absolute Gasteiger partial charge is 0.328 e. The van der Waals surface area contributed by atoms with Crippen LogP contribution in [0.2, 0.25) is 0 Å². The minimum atomic E-state index is -1.26. The summed E-state index contributed by atoms with van der Waals surface area (Å²) in [7, 11) is 2.11. The number of fused-ring (bicyclic) bond motifs is 1. The van der Waals surface area contributed by atoms with Crippen molar-refractivity contribution in [2.75, 3.05) is 20.1 Å². The SMILES string of the molecule is CN1CCC(c2nn(C(=O)c3ccccc3)c3cc(F)ccc23)CC1.O=C(O)C=CC(=O)O. The van der Waals surface area contributed by atoms with E-state index in [0.29, 0.717) is 29.2 Å². The molecule has 4 rings (SSSR count). The van der Waals surface area contributed by atoms with Crippen molar-refractivity contribution in [3.8, 4) is 0 Å². The summed E-state index contributed by atoms with van der Waals surface area (Å²) < 4.78 is 15.2. The maximum atomic E-state index is 13.8. The van der Waals surface area contributed by atoms with E-state index in [9.17, 15) is 18.8 Å². The van der Waals surface area contributed by atoms with Crippen LogP contribution in [0.1, 0.15) is 34.8 Å². The zero-order chi connectivity index (χ0) is 24.0. The lowest BCUT2D eigenvalue weighted by Crippen LogP contribution is -2.29. The molecule has 9 heteroatoms. The summed E-state index contributed by atoms with van der Waals surface area (Å²) in [6, 6.07) is 13.6. The summed E-state index contributed by atoms with van der Waals surface area (Å²) in [6.07, 6.45) is 3.11. The zero-order valence-corrected chi connectivity index (χ0v) is 18.0.